The molecule has 1 amide bonds. The van der Waals surface area contributed by atoms with E-state index in [4.69, 9.17) is 13.8 Å². The highest BCUT2D eigenvalue weighted by Crippen LogP contribution is 2.38. The number of hydrogen-bond donors (Lipinski definition) is 1. The number of amides is 1. The number of rotatable bonds is 64. The fourth-order valence-corrected chi connectivity index (χ4v) is 10.6. The monoisotopic (exact) mass is 1230 g/mol. The Kier molecular flexibility index (Phi) is 62.7. The van der Waals surface area contributed by atoms with E-state index in [-0.39, 0.29) is 24.9 Å². The van der Waals surface area contributed by atoms with Crippen molar-refractivity contribution >= 4 is 19.7 Å². The Bertz CT molecular complexity index is 1900. The van der Waals surface area contributed by atoms with Gasteiger partial charge in [0.15, 0.2) is 0 Å². The van der Waals surface area contributed by atoms with Gasteiger partial charge in [-0.3, -0.25) is 14.2 Å². The summed E-state index contributed by atoms with van der Waals surface area (Å²) in [5.41, 5.74) is 0. The highest BCUT2D eigenvalue weighted by Gasteiger charge is 2.27. The second kappa shape index (κ2) is 65.4. The standard InChI is InChI=1S/C77H135N2O7P/c1-7-10-13-16-19-22-25-27-29-31-33-35-37-39-41-43-45-47-49-51-54-57-60-63-66-69-76(80)78-74(73-85-87(82,83)84-72-71-79(4,5)6)75(68-65-62-59-56-53-24-21-18-15-12-9-3)86-77(81)70-67-64-61-58-55-52-50-48-46-44-42-40-38-36-34-32-30-28-26-23-20-17-14-11-8-2/h11,14,19-20,22-23,27-30,33-36,40,42,46,48,65,68,74-75H,7-10,12-13,15-18,21,24-26,31-32,37-39,41,43-45,47,49-64,66-67,69-73H2,1-6H3,(H-,78,80,82,83)/b14-11-,22-19-,23-20-,29-27-,30-28-,35-33-,36-34-,42-40-,48-46-,68-65+. The Labute approximate surface area is 537 Å². The zero-order valence-electron chi connectivity index (χ0n) is 57.2. The number of phosphoric acid groups is 1. The molecule has 1 N–H and O–H groups in total. The van der Waals surface area contributed by atoms with Gasteiger partial charge in [-0.25, -0.2) is 0 Å². The van der Waals surface area contributed by atoms with Gasteiger partial charge in [0.1, 0.15) is 19.3 Å². The number of carbonyl (C=O) groups is 2. The molecule has 3 unspecified atom stereocenters. The summed E-state index contributed by atoms with van der Waals surface area (Å²) < 4.78 is 30.4. The van der Waals surface area contributed by atoms with E-state index < -0.39 is 26.6 Å². The average molecular weight is 1230 g/mol. The second-order valence-electron chi connectivity index (χ2n) is 25.0. The maximum absolute atomic E-state index is 13.6. The summed E-state index contributed by atoms with van der Waals surface area (Å²) >= 11 is 0. The Balaban J connectivity index is 5.07. The van der Waals surface area contributed by atoms with E-state index in [1.807, 2.05) is 33.3 Å². The molecule has 0 aliphatic carbocycles. The number of quaternary nitrogens is 1. The van der Waals surface area contributed by atoms with Crippen molar-refractivity contribution < 1.29 is 37.3 Å². The van der Waals surface area contributed by atoms with Crippen LogP contribution in [0.5, 0.6) is 0 Å². The molecule has 0 aromatic rings. The number of nitrogens with one attached hydrogen (secondary N) is 1. The minimum atomic E-state index is -4.72. The molecule has 0 aliphatic rings. The van der Waals surface area contributed by atoms with Gasteiger partial charge < -0.3 is 28.5 Å². The predicted molar refractivity (Wildman–Crippen MR) is 376 cm³/mol. The van der Waals surface area contributed by atoms with Crippen LogP contribution in [0.2, 0.25) is 0 Å². The molecule has 0 saturated carbocycles. The summed E-state index contributed by atoms with van der Waals surface area (Å²) in [5, 5.41) is 3.04. The highest BCUT2D eigenvalue weighted by molar-refractivity contribution is 7.45. The first kappa shape index (κ1) is 83.4. The maximum atomic E-state index is 13.6. The molecule has 0 bridgehead atoms. The lowest BCUT2D eigenvalue weighted by Crippen LogP contribution is -2.47. The topological polar surface area (TPSA) is 114 Å². The molecule has 0 radical (unpaired) electrons. The summed E-state index contributed by atoms with van der Waals surface area (Å²) in [5.74, 6) is -0.562. The zero-order chi connectivity index (χ0) is 63.5. The van der Waals surface area contributed by atoms with Crippen LogP contribution < -0.4 is 10.2 Å². The lowest BCUT2D eigenvalue weighted by molar-refractivity contribution is -0.870. The first-order chi connectivity index (χ1) is 42.4. The summed E-state index contributed by atoms with van der Waals surface area (Å²) in [6.07, 6.45) is 91.8. The number of likely N-dealkylation sites (N-methyl/N-ethyl adjacent to an activating group) is 1. The van der Waals surface area contributed by atoms with E-state index in [1.54, 1.807) is 0 Å². The predicted octanol–water partition coefficient (Wildman–Crippen LogP) is 22.4. The highest BCUT2D eigenvalue weighted by atomic mass is 31.2. The van der Waals surface area contributed by atoms with E-state index >= 15 is 0 Å². The molecule has 0 aromatic heterocycles. The maximum Gasteiger partial charge on any atom is 0.306 e. The van der Waals surface area contributed by atoms with E-state index in [0.29, 0.717) is 23.9 Å². The largest absolute Gasteiger partial charge is 0.756 e. The first-order valence-corrected chi connectivity index (χ1v) is 37.3. The third kappa shape index (κ3) is 66.7. The Morgan fingerprint density at radius 1 is 0.414 bits per heavy atom. The van der Waals surface area contributed by atoms with Crippen LogP contribution in [0.15, 0.2) is 122 Å². The van der Waals surface area contributed by atoms with Crippen molar-refractivity contribution in [3.63, 3.8) is 0 Å². The minimum absolute atomic E-state index is 0.0308. The molecule has 0 fully saturated rings. The molecule has 3 atom stereocenters. The molecular formula is C77H135N2O7P. The first-order valence-electron chi connectivity index (χ1n) is 35.8. The molecule has 9 nitrogen and oxygen atoms in total. The fraction of sp³-hybridized carbons (Fsp3) is 0.714. The van der Waals surface area contributed by atoms with Crippen LogP contribution in [0.1, 0.15) is 303 Å². The van der Waals surface area contributed by atoms with Crippen LogP contribution >= 0.6 is 7.82 Å². The van der Waals surface area contributed by atoms with E-state index in [0.717, 1.165) is 135 Å². The normalized spacial score (nSPS) is 14.2. The third-order valence-electron chi connectivity index (χ3n) is 15.4. The third-order valence-corrected chi connectivity index (χ3v) is 16.3. The SMILES string of the molecule is CC/C=C\C/C=C\C/C=C\C/C=C\C/C=C\C/C=C\CCCCCCCCC(=O)OC(/C=C/CCCCCCCCCCC)C(COP(=O)([O-])OCC[N+](C)(C)C)NC(=O)CCCCCCCCCCCCCC/C=C\C/C=C\C/C=C\CCCCC. The lowest BCUT2D eigenvalue weighted by atomic mass is 10.0. The molecule has 0 aliphatic heterocycles. The van der Waals surface area contributed by atoms with E-state index in [1.165, 1.54) is 128 Å². The smallest absolute Gasteiger partial charge is 0.306 e. The number of ether oxygens (including phenoxy) is 1. The summed E-state index contributed by atoms with van der Waals surface area (Å²) in [7, 11) is 1.16. The number of hydrogen-bond acceptors (Lipinski definition) is 7. The Hall–Kier alpha value is -3.59. The van der Waals surface area contributed by atoms with Crippen LogP contribution in [-0.4, -0.2) is 69.4 Å². The fourth-order valence-electron chi connectivity index (χ4n) is 9.89. The van der Waals surface area contributed by atoms with E-state index in [9.17, 15) is 19.0 Å². The van der Waals surface area contributed by atoms with Gasteiger partial charge in [-0.2, -0.15) is 0 Å². The molecule has 0 saturated heterocycles. The lowest BCUT2D eigenvalue weighted by Gasteiger charge is -2.30. The van der Waals surface area contributed by atoms with Gasteiger partial charge >= 0.3 is 5.97 Å². The zero-order valence-corrected chi connectivity index (χ0v) is 58.1. The molecule has 0 spiro atoms. The van der Waals surface area contributed by atoms with Crippen molar-refractivity contribution in [2.75, 3.05) is 40.9 Å². The van der Waals surface area contributed by atoms with Gasteiger partial charge in [-0.1, -0.05) is 290 Å². The number of allylic oxidation sites excluding steroid dienone is 19. The van der Waals surface area contributed by atoms with Gasteiger partial charge in [0.05, 0.1) is 33.8 Å². The minimum Gasteiger partial charge on any atom is -0.756 e. The summed E-state index contributed by atoms with van der Waals surface area (Å²) in [6, 6.07) is -0.904. The summed E-state index contributed by atoms with van der Waals surface area (Å²) in [4.78, 5) is 40.2. The van der Waals surface area contributed by atoms with Crippen LogP contribution in [0, 0.1) is 0 Å². The van der Waals surface area contributed by atoms with Gasteiger partial charge in [-0.15, -0.1) is 0 Å². The number of carbonyl (C=O) groups excluding carboxylic acids is 2. The van der Waals surface area contributed by atoms with Crippen molar-refractivity contribution in [2.24, 2.45) is 0 Å². The van der Waals surface area contributed by atoms with Gasteiger partial charge in [0.2, 0.25) is 5.91 Å². The molecular weight excluding hydrogens is 1100 g/mol. The number of esters is 1. The van der Waals surface area contributed by atoms with E-state index in [2.05, 4.69) is 135 Å². The average Bonchev–Trinajstić information content (AvgIpc) is 3.70. The van der Waals surface area contributed by atoms with Crippen molar-refractivity contribution in [1.29, 1.82) is 0 Å². The number of nitrogens with zero attached hydrogens (tertiary/aromatic N) is 1. The molecule has 0 heterocycles. The molecule has 0 aromatic carbocycles. The van der Waals surface area contributed by atoms with Crippen molar-refractivity contribution in [2.45, 2.75) is 315 Å². The van der Waals surface area contributed by atoms with Crippen molar-refractivity contribution in [1.82, 2.24) is 5.32 Å². The molecule has 0 rings (SSSR count). The van der Waals surface area contributed by atoms with Crippen LogP contribution in [0.4, 0.5) is 0 Å². The Morgan fingerprint density at radius 2 is 0.736 bits per heavy atom. The van der Waals surface area contributed by atoms with Crippen LogP contribution in [0.3, 0.4) is 0 Å². The second-order valence-corrected chi connectivity index (χ2v) is 26.4. The quantitative estimate of drug-likeness (QED) is 0.0212. The van der Waals surface area contributed by atoms with Crippen molar-refractivity contribution in [3.05, 3.63) is 122 Å². The van der Waals surface area contributed by atoms with Crippen molar-refractivity contribution in [3.8, 4) is 0 Å². The van der Waals surface area contributed by atoms with Crippen LogP contribution in [-0.2, 0) is 27.9 Å². The Morgan fingerprint density at radius 3 is 1.13 bits per heavy atom. The molecule has 87 heavy (non-hydrogen) atoms. The van der Waals surface area contributed by atoms with Gasteiger partial charge in [0, 0.05) is 12.8 Å². The molecule has 500 valence electrons. The van der Waals surface area contributed by atoms with Gasteiger partial charge in [-0.05, 0) is 122 Å². The van der Waals surface area contributed by atoms with Gasteiger partial charge in [0.25, 0.3) is 7.82 Å². The number of unbranched alkanes of at least 4 members (excludes halogenated alkanes) is 30. The number of phosphoric ester groups is 1. The van der Waals surface area contributed by atoms with Crippen LogP contribution in [0.25, 0.3) is 0 Å². The molecule has 10 heteroatoms. The summed E-state index contributed by atoms with van der Waals surface area (Å²) in [6.45, 7) is 6.70.